The topological polar surface area (TPSA) is 139 Å². The molecule has 298 valence electrons. The molecule has 1 atom stereocenters. The summed E-state index contributed by atoms with van der Waals surface area (Å²) >= 11 is 0. The number of anilines is 1. The van der Waals surface area contributed by atoms with Crippen LogP contribution in [0.1, 0.15) is 146 Å². The van der Waals surface area contributed by atoms with Crippen LogP contribution in [0.4, 0.5) is 5.82 Å². The molecule has 8 nitrogen and oxygen atoms in total. The van der Waals surface area contributed by atoms with Crippen LogP contribution in [0.15, 0.2) is 66.9 Å². The van der Waals surface area contributed by atoms with Crippen LogP contribution in [0.5, 0.6) is 0 Å². The van der Waals surface area contributed by atoms with E-state index in [1.807, 2.05) is 13.0 Å². The van der Waals surface area contributed by atoms with Gasteiger partial charge in [-0.25, -0.2) is 4.98 Å². The number of rotatable bonds is 19. The highest BCUT2D eigenvalue weighted by Crippen LogP contribution is 2.31. The molecule has 0 saturated heterocycles. The summed E-state index contributed by atoms with van der Waals surface area (Å²) in [5, 5.41) is 15.3. The number of allylic oxidation sites excluding steroid dienone is 2. The first-order valence-corrected chi connectivity index (χ1v) is 20.4. The van der Waals surface area contributed by atoms with Gasteiger partial charge in [0.05, 0.1) is 18.3 Å². The Balaban J connectivity index is 0.000000386. The van der Waals surface area contributed by atoms with Gasteiger partial charge < -0.3 is 26.7 Å². The molecule has 1 fully saturated rings. The summed E-state index contributed by atoms with van der Waals surface area (Å²) in [4.78, 5) is 17.8. The van der Waals surface area contributed by atoms with Crippen LogP contribution in [0, 0.1) is 11.3 Å². The van der Waals surface area contributed by atoms with Crippen molar-refractivity contribution in [2.75, 3.05) is 25.4 Å². The molecule has 1 saturated carbocycles. The lowest BCUT2D eigenvalue weighted by molar-refractivity contribution is 0.0457. The van der Waals surface area contributed by atoms with Gasteiger partial charge in [0.15, 0.2) is 0 Å². The van der Waals surface area contributed by atoms with Crippen LogP contribution in [-0.2, 0) is 16.9 Å². The van der Waals surface area contributed by atoms with E-state index in [0.29, 0.717) is 18.3 Å². The summed E-state index contributed by atoms with van der Waals surface area (Å²) in [6.07, 6.45) is 18.0. The van der Waals surface area contributed by atoms with Gasteiger partial charge in [-0.15, -0.1) is 0 Å². The van der Waals surface area contributed by atoms with Crippen LogP contribution in [-0.4, -0.2) is 52.9 Å². The predicted molar refractivity (Wildman–Crippen MR) is 229 cm³/mol. The highest BCUT2D eigenvalue weighted by molar-refractivity contribution is 6.09. The number of carbonyl (C=O) groups excluding carboxylic acids is 1. The minimum absolute atomic E-state index is 0.0451. The van der Waals surface area contributed by atoms with E-state index in [1.165, 1.54) is 80.0 Å². The molecule has 6 N–H and O–H groups in total. The minimum atomic E-state index is -0.611. The number of benzene rings is 2. The first kappa shape index (κ1) is 46.3. The molecule has 2 aromatic carbocycles. The summed E-state index contributed by atoms with van der Waals surface area (Å²) in [5.41, 5.74) is 17.7. The first-order chi connectivity index (χ1) is 25.9. The Morgan fingerprint density at radius 3 is 2.13 bits per heavy atom. The lowest BCUT2D eigenvalue weighted by Gasteiger charge is -2.40. The Labute approximate surface area is 327 Å². The number of nitrogen functional groups attached to an aromatic ring is 1. The van der Waals surface area contributed by atoms with Crippen molar-refractivity contribution in [3.05, 3.63) is 89.1 Å². The van der Waals surface area contributed by atoms with Gasteiger partial charge in [0.2, 0.25) is 0 Å². The van der Waals surface area contributed by atoms with Gasteiger partial charge in [-0.3, -0.25) is 9.69 Å². The summed E-state index contributed by atoms with van der Waals surface area (Å²) < 4.78 is 6.07. The van der Waals surface area contributed by atoms with Gasteiger partial charge >= 0.3 is 0 Å². The standard InChI is InChI=1S/C30H45NO.C13H18N4O.C3H8O/c1-6-21-31(22-20-24(3)7-2)30(4,5)28-18-16-27(17-19-28)26-14-12-25(13-15-26)23-32-29-10-8-9-11-29;1-2-3-4-5-9(7-14)10-6-11(13(16)18)12(15)17-8-10;1-2-3-4/h12-19,24,29H,6-11,20-23H2,1-5H3;5-8,14H,2-4H2,1H3,(H2,15,17)(H2,16,18);4H,2-3H2,1H3/b;9-5+,14-7?;. The van der Waals surface area contributed by atoms with Gasteiger partial charge in [0.25, 0.3) is 5.91 Å². The number of nitrogens with two attached hydrogens (primary N) is 2. The molecule has 1 aromatic heterocycles. The maximum Gasteiger partial charge on any atom is 0.252 e. The quantitative estimate of drug-likeness (QED) is 0.0712. The molecule has 1 heterocycles. The average molecular weight is 742 g/mol. The number of unbranched alkanes of at least 4 members (excludes halogenated alkanes) is 2. The fraction of sp³-hybridized carbons (Fsp3) is 0.543. The van der Waals surface area contributed by atoms with Crippen molar-refractivity contribution in [1.82, 2.24) is 9.88 Å². The molecular formula is C46H71N5O3. The number of pyridine rings is 1. The van der Waals surface area contributed by atoms with E-state index in [-0.39, 0.29) is 16.9 Å². The SMILES string of the molecule is CCCC/C=C(\C=N)c1cnc(N)c(C(N)=O)c1.CCCN(CCC(C)CC)C(C)(C)c1ccc(-c2ccc(COC3CCCC3)cc2)cc1.CCCO. The van der Waals surface area contributed by atoms with Crippen molar-refractivity contribution in [3.63, 3.8) is 0 Å². The second kappa shape index (κ2) is 25.3. The fourth-order valence-corrected chi connectivity index (χ4v) is 6.39. The molecule has 1 aliphatic carbocycles. The number of nitrogens with zero attached hydrogens (tertiary/aromatic N) is 2. The van der Waals surface area contributed by atoms with Gasteiger partial charge in [-0.1, -0.05) is 121 Å². The molecule has 1 unspecified atom stereocenters. The third-order valence-corrected chi connectivity index (χ3v) is 10.4. The van der Waals surface area contributed by atoms with Gasteiger partial charge in [-0.2, -0.15) is 0 Å². The molecule has 8 heteroatoms. The number of ether oxygens (including phenoxy) is 1. The van der Waals surface area contributed by atoms with E-state index in [4.69, 9.17) is 26.7 Å². The number of hydrogen-bond acceptors (Lipinski definition) is 7. The molecular weight excluding hydrogens is 671 g/mol. The number of primary amides is 1. The lowest BCUT2D eigenvalue weighted by atomic mass is 9.89. The van der Waals surface area contributed by atoms with Crippen LogP contribution in [0.3, 0.4) is 0 Å². The second-order valence-corrected chi connectivity index (χ2v) is 15.0. The molecule has 0 spiro atoms. The van der Waals surface area contributed by atoms with Crippen molar-refractivity contribution in [3.8, 4) is 11.1 Å². The largest absolute Gasteiger partial charge is 0.396 e. The Hall–Kier alpha value is -3.85. The Morgan fingerprint density at radius 2 is 1.61 bits per heavy atom. The third kappa shape index (κ3) is 15.5. The van der Waals surface area contributed by atoms with Crippen molar-refractivity contribution < 1.29 is 14.6 Å². The Kier molecular flexibility index (Phi) is 21.7. The Morgan fingerprint density at radius 1 is 1.00 bits per heavy atom. The summed E-state index contributed by atoms with van der Waals surface area (Å²) in [6, 6.07) is 19.7. The second-order valence-electron chi connectivity index (χ2n) is 15.0. The number of aromatic nitrogens is 1. The van der Waals surface area contributed by atoms with Crippen LogP contribution >= 0.6 is 0 Å². The average Bonchev–Trinajstić information content (AvgIpc) is 3.72. The maximum atomic E-state index is 11.2. The summed E-state index contributed by atoms with van der Waals surface area (Å²) in [7, 11) is 0. The predicted octanol–water partition coefficient (Wildman–Crippen LogP) is 10.6. The third-order valence-electron chi connectivity index (χ3n) is 10.4. The fourth-order valence-electron chi connectivity index (χ4n) is 6.39. The van der Waals surface area contributed by atoms with Crippen molar-refractivity contribution in [2.24, 2.45) is 11.7 Å². The number of aliphatic hydroxyl groups is 1. The molecule has 0 bridgehead atoms. The molecule has 1 aliphatic rings. The zero-order valence-electron chi connectivity index (χ0n) is 34.5. The van der Waals surface area contributed by atoms with E-state index >= 15 is 0 Å². The number of hydrogen-bond donors (Lipinski definition) is 4. The molecule has 0 aliphatic heterocycles. The molecule has 3 aromatic rings. The summed E-state index contributed by atoms with van der Waals surface area (Å²) in [5.74, 6) is 0.294. The molecule has 54 heavy (non-hydrogen) atoms. The molecule has 4 rings (SSSR count). The van der Waals surface area contributed by atoms with Crippen molar-refractivity contribution >= 4 is 23.5 Å². The number of nitrogens with one attached hydrogen (secondary N) is 1. The van der Waals surface area contributed by atoms with Gasteiger partial charge in [0.1, 0.15) is 5.82 Å². The van der Waals surface area contributed by atoms with E-state index < -0.39 is 5.91 Å². The van der Waals surface area contributed by atoms with Gasteiger partial charge in [-0.05, 0) is 105 Å². The van der Waals surface area contributed by atoms with Crippen LogP contribution in [0.25, 0.3) is 16.7 Å². The normalized spacial score (nSPS) is 13.8. The first-order valence-electron chi connectivity index (χ1n) is 20.4. The Bertz CT molecular complexity index is 1530. The van der Waals surface area contributed by atoms with Gasteiger partial charge in [0, 0.05) is 30.1 Å². The lowest BCUT2D eigenvalue weighted by Crippen LogP contribution is -2.43. The zero-order valence-corrected chi connectivity index (χ0v) is 34.5. The van der Waals surface area contributed by atoms with E-state index in [2.05, 4.69) is 100.0 Å². The smallest absolute Gasteiger partial charge is 0.252 e. The zero-order chi connectivity index (χ0) is 39.9. The minimum Gasteiger partial charge on any atom is -0.396 e. The number of amides is 1. The van der Waals surface area contributed by atoms with Crippen LogP contribution in [0.2, 0.25) is 0 Å². The van der Waals surface area contributed by atoms with E-state index in [0.717, 1.165) is 50.3 Å². The van der Waals surface area contributed by atoms with Crippen molar-refractivity contribution in [1.29, 1.82) is 5.41 Å². The number of aliphatic hydroxyl groups excluding tert-OH is 1. The number of carbonyl (C=O) groups is 1. The van der Waals surface area contributed by atoms with E-state index in [9.17, 15) is 4.79 Å². The van der Waals surface area contributed by atoms with Crippen LogP contribution < -0.4 is 11.5 Å². The summed E-state index contributed by atoms with van der Waals surface area (Å²) in [6.45, 7) is 19.1. The maximum absolute atomic E-state index is 11.2. The molecule has 0 radical (unpaired) electrons. The highest BCUT2D eigenvalue weighted by atomic mass is 16.5. The van der Waals surface area contributed by atoms with Crippen molar-refractivity contribution in [2.45, 2.75) is 137 Å². The monoisotopic (exact) mass is 742 g/mol. The van der Waals surface area contributed by atoms with E-state index in [1.54, 1.807) is 12.3 Å². The molecule has 1 amide bonds. The highest BCUT2D eigenvalue weighted by Gasteiger charge is 2.28.